The Hall–Kier alpha value is -0.770. The molecule has 5 unspecified atom stereocenters. The first-order valence-corrected chi connectivity index (χ1v) is 6.14. The van der Waals surface area contributed by atoms with Gasteiger partial charge in [-0.1, -0.05) is 0 Å². The van der Waals surface area contributed by atoms with Crippen molar-refractivity contribution in [1.29, 1.82) is 0 Å². The number of hydrogen-bond acceptors (Lipinski definition) is 7. The van der Waals surface area contributed by atoms with E-state index in [0.29, 0.717) is 19.6 Å². The van der Waals surface area contributed by atoms with Gasteiger partial charge in [0.15, 0.2) is 6.29 Å². The largest absolute Gasteiger partial charge is 0.480 e. The molecule has 0 aromatic heterocycles. The van der Waals surface area contributed by atoms with Crippen molar-refractivity contribution in [2.75, 3.05) is 26.4 Å². The Balaban J connectivity index is 1.99. The van der Waals surface area contributed by atoms with Crippen molar-refractivity contribution in [1.82, 2.24) is 0 Å². The maximum Gasteiger partial charge on any atom is 0.329 e. The smallest absolute Gasteiger partial charge is 0.329 e. The maximum atomic E-state index is 10.4. The normalized spacial score (nSPS) is 39.4. The highest BCUT2D eigenvalue weighted by molar-refractivity contribution is 5.67. The molecule has 0 spiro atoms. The summed E-state index contributed by atoms with van der Waals surface area (Å²) in [7, 11) is 0. The molecule has 2 bridgehead atoms. The lowest BCUT2D eigenvalue weighted by molar-refractivity contribution is -0.300. The molecule has 3 aliphatic rings. The number of aliphatic hydroxyl groups excluding tert-OH is 2. The van der Waals surface area contributed by atoms with Crippen LogP contribution in [0.15, 0.2) is 0 Å². The summed E-state index contributed by atoms with van der Waals surface area (Å²) in [6, 6.07) is 0. The van der Waals surface area contributed by atoms with Crippen molar-refractivity contribution in [2.45, 2.75) is 37.1 Å². The van der Waals surface area contributed by atoms with Gasteiger partial charge in [0.1, 0.15) is 31.0 Å². The van der Waals surface area contributed by atoms with Gasteiger partial charge < -0.3 is 34.3 Å². The molecule has 19 heavy (non-hydrogen) atoms. The molecule has 0 radical (unpaired) electrons. The molecule has 8 heteroatoms. The summed E-state index contributed by atoms with van der Waals surface area (Å²) in [6.45, 7) is 0.196. The van der Waals surface area contributed by atoms with Crippen LogP contribution < -0.4 is 0 Å². The first kappa shape index (κ1) is 14.6. The minimum absolute atomic E-state index is 0.0550. The van der Waals surface area contributed by atoms with Gasteiger partial charge in [0.25, 0.3) is 0 Å². The van der Waals surface area contributed by atoms with Crippen LogP contribution in [0.3, 0.4) is 0 Å². The topological polar surface area (TPSA) is 115 Å². The number of ether oxygens (including phenoxy) is 4. The van der Waals surface area contributed by atoms with E-state index in [1.165, 1.54) is 0 Å². The first-order valence-electron chi connectivity index (χ1n) is 6.14. The van der Waals surface area contributed by atoms with Crippen molar-refractivity contribution >= 4 is 5.97 Å². The summed E-state index contributed by atoms with van der Waals surface area (Å²) in [6.07, 6.45) is -4.12. The Kier molecular flexibility index (Phi) is 5.08. The fourth-order valence-corrected chi connectivity index (χ4v) is 2.12. The predicted molar refractivity (Wildman–Crippen MR) is 59.4 cm³/mol. The third-order valence-corrected chi connectivity index (χ3v) is 3.03. The molecule has 3 rings (SSSR count). The molecule has 0 amide bonds. The van der Waals surface area contributed by atoms with E-state index < -0.39 is 43.3 Å². The minimum Gasteiger partial charge on any atom is -0.480 e. The summed E-state index contributed by atoms with van der Waals surface area (Å²) in [5, 5.41) is 28.3. The van der Waals surface area contributed by atoms with Crippen LogP contribution >= 0.6 is 0 Å². The minimum atomic E-state index is -1.20. The van der Waals surface area contributed by atoms with E-state index in [9.17, 15) is 15.0 Å². The highest BCUT2D eigenvalue weighted by atomic mass is 16.7. The fraction of sp³-hybridized carbons (Fsp3) is 0.909. The molecule has 5 atom stereocenters. The molecule has 3 N–H and O–H groups in total. The zero-order chi connectivity index (χ0) is 13.8. The van der Waals surface area contributed by atoms with Crippen LogP contribution in [-0.4, -0.2) is 78.4 Å². The Labute approximate surface area is 109 Å². The number of carbonyl (C=O) groups is 1. The summed E-state index contributed by atoms with van der Waals surface area (Å²) in [4.78, 5) is 10.4. The summed E-state index contributed by atoms with van der Waals surface area (Å²) >= 11 is 0. The van der Waals surface area contributed by atoms with E-state index in [0.717, 1.165) is 0 Å². The molecule has 110 valence electrons. The lowest BCUT2D eigenvalue weighted by Gasteiger charge is -2.41. The highest BCUT2D eigenvalue weighted by Gasteiger charge is 2.46. The van der Waals surface area contributed by atoms with Crippen molar-refractivity contribution in [3.63, 3.8) is 0 Å². The third-order valence-electron chi connectivity index (χ3n) is 3.03. The molecule has 8 nitrogen and oxygen atoms in total. The zero-order valence-electron chi connectivity index (χ0n) is 10.3. The molecule has 0 aliphatic carbocycles. The van der Waals surface area contributed by atoms with E-state index >= 15 is 0 Å². The van der Waals surface area contributed by atoms with E-state index in [2.05, 4.69) is 0 Å². The first-order chi connectivity index (χ1) is 9.09. The van der Waals surface area contributed by atoms with Gasteiger partial charge in [-0.05, 0) is 6.42 Å². The standard InChI is InChI=1S/C11H18O8/c12-7(13)5-16-4-6-10-8(14)9(15)11(19-6)18-3-1-2-17-10/h6,8-11,14-15H,1-5H2,(H,12,13). The molecule has 3 fully saturated rings. The molecule has 0 saturated carbocycles. The number of hydrogen-bond donors (Lipinski definition) is 3. The van der Waals surface area contributed by atoms with E-state index in [1.807, 2.05) is 0 Å². The van der Waals surface area contributed by atoms with Crippen LogP contribution in [0.1, 0.15) is 6.42 Å². The number of rotatable bonds is 4. The SMILES string of the molecule is O=C(O)COCC1OC2OCCCOC1C(O)C2O. The van der Waals surface area contributed by atoms with E-state index in [-0.39, 0.29) is 6.61 Å². The van der Waals surface area contributed by atoms with Gasteiger partial charge in [-0.3, -0.25) is 0 Å². The molecule has 3 aliphatic heterocycles. The average molecular weight is 278 g/mol. The Morgan fingerprint density at radius 3 is 2.68 bits per heavy atom. The van der Waals surface area contributed by atoms with Gasteiger partial charge in [0, 0.05) is 6.61 Å². The highest BCUT2D eigenvalue weighted by Crippen LogP contribution is 2.26. The maximum absolute atomic E-state index is 10.4. The number of fused-ring (bicyclic) bond motifs is 6. The number of aliphatic carboxylic acids is 1. The number of carboxylic acid groups (broad SMARTS) is 1. The average Bonchev–Trinajstić information content (AvgIpc) is 2.49. The van der Waals surface area contributed by atoms with Crippen LogP contribution in [0.25, 0.3) is 0 Å². The Morgan fingerprint density at radius 1 is 1.21 bits per heavy atom. The lowest BCUT2D eigenvalue weighted by Crippen LogP contribution is -2.59. The van der Waals surface area contributed by atoms with Crippen LogP contribution in [0.4, 0.5) is 0 Å². The zero-order valence-corrected chi connectivity index (χ0v) is 10.3. The number of carboxylic acids is 1. The second-order valence-electron chi connectivity index (χ2n) is 4.49. The summed E-state index contributed by atoms with van der Waals surface area (Å²) in [5.74, 6) is -1.09. The van der Waals surface area contributed by atoms with Gasteiger partial charge >= 0.3 is 5.97 Å². The molecule has 3 heterocycles. The Morgan fingerprint density at radius 2 is 1.95 bits per heavy atom. The predicted octanol–water partition coefficient (Wildman–Crippen LogP) is -1.66. The van der Waals surface area contributed by atoms with Crippen LogP contribution in [0.2, 0.25) is 0 Å². The second kappa shape index (κ2) is 6.60. The van der Waals surface area contributed by atoms with Gasteiger partial charge in [-0.2, -0.15) is 0 Å². The monoisotopic (exact) mass is 278 g/mol. The van der Waals surface area contributed by atoms with Crippen molar-refractivity contribution in [3.05, 3.63) is 0 Å². The van der Waals surface area contributed by atoms with Crippen molar-refractivity contribution in [2.24, 2.45) is 0 Å². The van der Waals surface area contributed by atoms with Crippen LogP contribution in [0, 0.1) is 0 Å². The summed E-state index contributed by atoms with van der Waals surface area (Å²) in [5.41, 5.74) is 0. The van der Waals surface area contributed by atoms with Crippen molar-refractivity contribution in [3.8, 4) is 0 Å². The molecule has 0 aromatic rings. The molecule has 0 aromatic carbocycles. The van der Waals surface area contributed by atoms with Gasteiger partial charge in [-0.25, -0.2) is 4.79 Å². The third kappa shape index (κ3) is 3.62. The van der Waals surface area contributed by atoms with Gasteiger partial charge in [0.05, 0.1) is 13.2 Å². The molecule has 3 saturated heterocycles. The lowest BCUT2D eigenvalue weighted by atomic mass is 9.99. The quantitative estimate of drug-likeness (QED) is 0.560. The summed E-state index contributed by atoms with van der Waals surface area (Å²) < 4.78 is 21.2. The second-order valence-corrected chi connectivity index (χ2v) is 4.49. The van der Waals surface area contributed by atoms with Gasteiger partial charge in [-0.15, -0.1) is 0 Å². The van der Waals surface area contributed by atoms with Crippen molar-refractivity contribution < 1.29 is 39.1 Å². The van der Waals surface area contributed by atoms with Crippen LogP contribution in [0.5, 0.6) is 0 Å². The molecular weight excluding hydrogens is 260 g/mol. The van der Waals surface area contributed by atoms with Gasteiger partial charge in [0.2, 0.25) is 0 Å². The molecular formula is C11H18O8. The van der Waals surface area contributed by atoms with E-state index in [1.54, 1.807) is 0 Å². The van der Waals surface area contributed by atoms with E-state index in [4.69, 9.17) is 24.1 Å². The Bertz CT molecular complexity index is 307. The van der Waals surface area contributed by atoms with Crippen LogP contribution in [-0.2, 0) is 23.7 Å². The fourth-order valence-electron chi connectivity index (χ4n) is 2.12. The number of aliphatic hydroxyl groups is 2.